The molecule has 0 unspecified atom stereocenters. The average molecular weight is 463 g/mol. The van der Waals surface area contributed by atoms with Crippen molar-refractivity contribution in [3.8, 4) is 11.5 Å². The molecule has 0 atom stereocenters. The minimum absolute atomic E-state index is 0.265. The van der Waals surface area contributed by atoms with Gasteiger partial charge in [-0.05, 0) is 72.9 Å². The van der Waals surface area contributed by atoms with E-state index < -0.39 is 5.41 Å². The zero-order chi connectivity index (χ0) is 23.3. The Kier molecular flexibility index (Phi) is 6.89. The summed E-state index contributed by atoms with van der Waals surface area (Å²) in [6, 6.07) is 21.4. The number of carbonyl (C=O) groups excluding carboxylic acids is 1. The second kappa shape index (κ2) is 10.0. The van der Waals surface area contributed by atoms with Crippen molar-refractivity contribution < 1.29 is 19.0 Å². The highest BCUT2D eigenvalue weighted by Crippen LogP contribution is 2.36. The van der Waals surface area contributed by atoms with Crippen LogP contribution in [0.5, 0.6) is 11.5 Å². The van der Waals surface area contributed by atoms with E-state index in [1.54, 1.807) is 14.2 Å². The summed E-state index contributed by atoms with van der Waals surface area (Å²) in [5.74, 6) is 1.27. The zero-order valence-corrected chi connectivity index (χ0v) is 19.7. The molecule has 6 nitrogen and oxygen atoms in total. The van der Waals surface area contributed by atoms with Gasteiger partial charge in [-0.25, -0.2) is 0 Å². The van der Waals surface area contributed by atoms with Crippen molar-refractivity contribution in [2.45, 2.75) is 25.2 Å². The molecule has 0 spiro atoms. The molecule has 7 heteroatoms. The Bertz CT molecular complexity index is 1170. The molecule has 33 heavy (non-hydrogen) atoms. The first-order chi connectivity index (χ1) is 16.1. The maximum atomic E-state index is 13.7. The van der Waals surface area contributed by atoms with Gasteiger partial charge in [0.05, 0.1) is 32.6 Å². The molecule has 4 rings (SSSR count). The highest BCUT2D eigenvalue weighted by atomic mass is 32.1. The van der Waals surface area contributed by atoms with Gasteiger partial charge in [0.25, 0.3) is 0 Å². The van der Waals surface area contributed by atoms with Crippen LogP contribution in [-0.2, 0) is 27.8 Å². The van der Waals surface area contributed by atoms with Gasteiger partial charge in [0.1, 0.15) is 27.9 Å². The third kappa shape index (κ3) is 4.83. The molecule has 4 aromatic rings. The van der Waals surface area contributed by atoms with Crippen LogP contribution in [0, 0.1) is 0 Å². The number of methoxy groups -OCH3 is 2. The molecule has 1 heterocycles. The monoisotopic (exact) mass is 462 g/mol. The summed E-state index contributed by atoms with van der Waals surface area (Å²) < 4.78 is 25.0. The fraction of sp³-hybridized carbons (Fsp3) is 0.269. The quantitative estimate of drug-likeness (QED) is 0.326. The van der Waals surface area contributed by atoms with Crippen LogP contribution in [0.4, 0.5) is 0 Å². The number of hydrogen-bond acceptors (Lipinski definition) is 7. The molecule has 0 fully saturated rings. The SMILES string of the molecule is CCOC(=O)C(Cc1ccc(OC)cc1)(Cc1ccc(OC)cc1)c1ccc2nsnc2c1. The van der Waals surface area contributed by atoms with Crippen molar-refractivity contribution in [3.05, 3.63) is 83.4 Å². The first-order valence-corrected chi connectivity index (χ1v) is 11.5. The maximum Gasteiger partial charge on any atom is 0.317 e. The number of benzene rings is 3. The molecule has 0 aliphatic heterocycles. The van der Waals surface area contributed by atoms with Crippen LogP contribution in [0.2, 0.25) is 0 Å². The molecule has 0 aliphatic rings. The number of nitrogens with zero attached hydrogens (tertiary/aromatic N) is 2. The van der Waals surface area contributed by atoms with Crippen LogP contribution < -0.4 is 9.47 Å². The third-order valence-corrected chi connectivity index (χ3v) is 6.36. The summed E-state index contributed by atoms with van der Waals surface area (Å²) in [6.07, 6.45) is 0.926. The van der Waals surface area contributed by atoms with Crippen LogP contribution in [0.3, 0.4) is 0 Å². The van der Waals surface area contributed by atoms with E-state index >= 15 is 0 Å². The van der Waals surface area contributed by atoms with Gasteiger partial charge < -0.3 is 14.2 Å². The lowest BCUT2D eigenvalue weighted by Gasteiger charge is -2.32. The summed E-state index contributed by atoms with van der Waals surface area (Å²) in [7, 11) is 3.28. The summed E-state index contributed by atoms with van der Waals surface area (Å²) in [5, 5.41) is 0. The smallest absolute Gasteiger partial charge is 0.317 e. The van der Waals surface area contributed by atoms with Crippen LogP contribution in [0.15, 0.2) is 66.7 Å². The van der Waals surface area contributed by atoms with Crippen LogP contribution >= 0.6 is 11.7 Å². The number of esters is 1. The Hall–Kier alpha value is -3.45. The van der Waals surface area contributed by atoms with Gasteiger partial charge in [-0.1, -0.05) is 30.3 Å². The Balaban J connectivity index is 1.85. The van der Waals surface area contributed by atoms with E-state index in [2.05, 4.69) is 8.75 Å². The number of hydrogen-bond donors (Lipinski definition) is 0. The highest BCUT2D eigenvalue weighted by molar-refractivity contribution is 7.00. The zero-order valence-electron chi connectivity index (χ0n) is 18.9. The Morgan fingerprint density at radius 3 is 1.88 bits per heavy atom. The summed E-state index contributed by atoms with van der Waals surface area (Å²) in [5.41, 5.74) is 3.51. The predicted molar refractivity (Wildman–Crippen MR) is 129 cm³/mol. The van der Waals surface area contributed by atoms with Crippen molar-refractivity contribution in [2.75, 3.05) is 20.8 Å². The summed E-state index contributed by atoms with van der Waals surface area (Å²) in [6.45, 7) is 2.13. The van der Waals surface area contributed by atoms with E-state index in [9.17, 15) is 4.79 Å². The van der Waals surface area contributed by atoms with Crippen molar-refractivity contribution in [1.29, 1.82) is 0 Å². The van der Waals surface area contributed by atoms with E-state index in [1.807, 2.05) is 73.7 Å². The minimum atomic E-state index is -0.947. The van der Waals surface area contributed by atoms with Gasteiger partial charge in [-0.3, -0.25) is 4.79 Å². The molecule has 0 saturated carbocycles. The Labute approximate surface area is 197 Å². The number of ether oxygens (including phenoxy) is 3. The average Bonchev–Trinajstić information content (AvgIpc) is 3.33. The fourth-order valence-corrected chi connectivity index (χ4v) is 4.58. The maximum absolute atomic E-state index is 13.7. The van der Waals surface area contributed by atoms with E-state index in [0.29, 0.717) is 19.4 Å². The number of aromatic nitrogens is 2. The van der Waals surface area contributed by atoms with E-state index in [1.165, 1.54) is 0 Å². The lowest BCUT2D eigenvalue weighted by molar-refractivity contribution is -0.150. The van der Waals surface area contributed by atoms with Crippen molar-refractivity contribution in [3.63, 3.8) is 0 Å². The summed E-state index contributed by atoms with van der Waals surface area (Å²) in [4.78, 5) is 13.7. The van der Waals surface area contributed by atoms with Crippen molar-refractivity contribution in [2.24, 2.45) is 0 Å². The van der Waals surface area contributed by atoms with Gasteiger partial charge in [-0.2, -0.15) is 8.75 Å². The van der Waals surface area contributed by atoms with E-state index in [-0.39, 0.29) is 5.97 Å². The molecule has 0 radical (unpaired) electrons. The Morgan fingerprint density at radius 2 is 1.36 bits per heavy atom. The van der Waals surface area contributed by atoms with E-state index in [0.717, 1.165) is 51.0 Å². The first-order valence-electron chi connectivity index (χ1n) is 10.7. The predicted octanol–water partition coefficient (Wildman–Crippen LogP) is 4.99. The van der Waals surface area contributed by atoms with Gasteiger partial charge in [0.15, 0.2) is 0 Å². The van der Waals surface area contributed by atoms with Crippen LogP contribution in [0.1, 0.15) is 23.6 Å². The number of carbonyl (C=O) groups is 1. The molecular formula is C26H26N2O4S. The van der Waals surface area contributed by atoms with Crippen molar-refractivity contribution in [1.82, 2.24) is 8.75 Å². The molecule has 0 bridgehead atoms. The Morgan fingerprint density at radius 1 is 0.818 bits per heavy atom. The molecule has 0 aliphatic carbocycles. The van der Waals surface area contributed by atoms with Crippen LogP contribution in [0.25, 0.3) is 11.0 Å². The molecule has 0 saturated heterocycles. The second-order valence-corrected chi connectivity index (χ2v) is 8.35. The van der Waals surface area contributed by atoms with Gasteiger partial charge in [-0.15, -0.1) is 0 Å². The molecule has 170 valence electrons. The topological polar surface area (TPSA) is 70.5 Å². The van der Waals surface area contributed by atoms with Gasteiger partial charge in [0.2, 0.25) is 0 Å². The lowest BCUT2D eigenvalue weighted by Crippen LogP contribution is -2.42. The number of rotatable bonds is 9. The molecule has 0 N–H and O–H groups in total. The second-order valence-electron chi connectivity index (χ2n) is 7.82. The standard InChI is InChI=1S/C26H26N2O4S/c1-4-32-25(29)26(16-18-5-10-21(30-2)11-6-18,17-19-7-12-22(31-3)13-8-19)20-9-14-23-24(15-20)28-33-27-23/h5-15H,4,16-17H2,1-3H3. The van der Waals surface area contributed by atoms with Gasteiger partial charge >= 0.3 is 5.97 Å². The fourth-order valence-electron chi connectivity index (χ4n) is 4.06. The molecule has 0 amide bonds. The lowest BCUT2D eigenvalue weighted by atomic mass is 9.71. The summed E-state index contributed by atoms with van der Waals surface area (Å²) >= 11 is 1.16. The minimum Gasteiger partial charge on any atom is -0.497 e. The number of fused-ring (bicyclic) bond motifs is 1. The largest absolute Gasteiger partial charge is 0.497 e. The first kappa shape index (κ1) is 22.7. The van der Waals surface area contributed by atoms with E-state index in [4.69, 9.17) is 14.2 Å². The highest BCUT2D eigenvalue weighted by Gasteiger charge is 2.42. The molecule has 1 aromatic heterocycles. The third-order valence-electron chi connectivity index (χ3n) is 5.80. The molecular weight excluding hydrogens is 436 g/mol. The van der Waals surface area contributed by atoms with Crippen LogP contribution in [-0.4, -0.2) is 35.5 Å². The molecule has 3 aromatic carbocycles. The van der Waals surface area contributed by atoms with Gasteiger partial charge in [0, 0.05) is 0 Å². The normalized spacial score (nSPS) is 11.4. The van der Waals surface area contributed by atoms with Crippen molar-refractivity contribution >= 4 is 28.7 Å².